The van der Waals surface area contributed by atoms with Crippen molar-refractivity contribution in [3.63, 3.8) is 0 Å². The van der Waals surface area contributed by atoms with Crippen molar-refractivity contribution < 1.29 is 4.79 Å². The molecule has 6 heteroatoms. The molecule has 4 nitrogen and oxygen atoms in total. The maximum Gasteiger partial charge on any atom is 0.234 e. The summed E-state index contributed by atoms with van der Waals surface area (Å²) in [6.07, 6.45) is 1.54. The minimum atomic E-state index is -0.0363. The van der Waals surface area contributed by atoms with E-state index in [0.717, 1.165) is 20.9 Å². The van der Waals surface area contributed by atoms with E-state index in [-0.39, 0.29) is 5.91 Å². The first-order valence-electron chi connectivity index (χ1n) is 6.40. The SMILES string of the molecule is Cc1ccc(NC(=O)CSc2ncnc3sccc23)cc1. The predicted octanol–water partition coefficient (Wildman–Crippen LogP) is 3.73. The first kappa shape index (κ1) is 14.0. The Morgan fingerprint density at radius 3 is 2.86 bits per heavy atom. The Balaban J connectivity index is 1.63. The number of carbonyl (C=O) groups excluding carboxylic acids is 1. The molecule has 3 aromatic rings. The molecule has 0 aliphatic rings. The summed E-state index contributed by atoms with van der Waals surface area (Å²) in [5.74, 6) is 0.293. The third-order valence-corrected chi connectivity index (χ3v) is 4.73. The Hall–Kier alpha value is -1.92. The molecule has 2 heterocycles. The highest BCUT2D eigenvalue weighted by Crippen LogP contribution is 2.27. The number of carbonyl (C=O) groups is 1. The fourth-order valence-corrected chi connectivity index (χ4v) is 3.43. The van der Waals surface area contributed by atoms with Crippen molar-refractivity contribution in [3.8, 4) is 0 Å². The van der Waals surface area contributed by atoms with Gasteiger partial charge in [-0.05, 0) is 30.5 Å². The Labute approximate surface area is 130 Å². The van der Waals surface area contributed by atoms with E-state index in [1.807, 2.05) is 42.6 Å². The summed E-state index contributed by atoms with van der Waals surface area (Å²) in [7, 11) is 0. The number of aryl methyl sites for hydroxylation is 1. The first-order chi connectivity index (χ1) is 10.2. The molecule has 0 saturated carbocycles. The van der Waals surface area contributed by atoms with Gasteiger partial charge in [-0.2, -0.15) is 0 Å². The number of benzene rings is 1. The number of thioether (sulfide) groups is 1. The van der Waals surface area contributed by atoms with Crippen LogP contribution in [-0.2, 0) is 4.79 Å². The summed E-state index contributed by atoms with van der Waals surface area (Å²) < 4.78 is 0. The van der Waals surface area contributed by atoms with Gasteiger partial charge in [0.2, 0.25) is 5.91 Å². The Kier molecular flexibility index (Phi) is 4.17. The molecule has 106 valence electrons. The molecule has 0 unspecified atom stereocenters. The van der Waals surface area contributed by atoms with Crippen LogP contribution in [0.5, 0.6) is 0 Å². The van der Waals surface area contributed by atoms with Crippen LogP contribution in [0.2, 0.25) is 0 Å². The first-order valence-corrected chi connectivity index (χ1v) is 8.26. The molecule has 1 aromatic carbocycles. The van der Waals surface area contributed by atoms with Crippen LogP contribution in [0.1, 0.15) is 5.56 Å². The largest absolute Gasteiger partial charge is 0.325 e. The number of hydrogen-bond acceptors (Lipinski definition) is 5. The monoisotopic (exact) mass is 315 g/mol. The van der Waals surface area contributed by atoms with Crippen molar-refractivity contribution in [3.05, 3.63) is 47.6 Å². The van der Waals surface area contributed by atoms with Crippen molar-refractivity contribution in [1.82, 2.24) is 9.97 Å². The molecule has 0 atom stereocenters. The zero-order chi connectivity index (χ0) is 14.7. The zero-order valence-corrected chi connectivity index (χ0v) is 13.0. The number of aromatic nitrogens is 2. The highest BCUT2D eigenvalue weighted by Gasteiger charge is 2.08. The molecule has 21 heavy (non-hydrogen) atoms. The average Bonchev–Trinajstić information content (AvgIpc) is 2.96. The van der Waals surface area contributed by atoms with Gasteiger partial charge in [0.1, 0.15) is 16.2 Å². The van der Waals surface area contributed by atoms with Gasteiger partial charge in [0.05, 0.1) is 5.75 Å². The Bertz CT molecular complexity index is 768. The lowest BCUT2D eigenvalue weighted by Crippen LogP contribution is -2.14. The number of thiophene rings is 1. The van der Waals surface area contributed by atoms with Crippen LogP contribution in [0.3, 0.4) is 0 Å². The molecule has 2 aromatic heterocycles. The van der Waals surface area contributed by atoms with E-state index >= 15 is 0 Å². The number of fused-ring (bicyclic) bond motifs is 1. The second kappa shape index (κ2) is 6.24. The van der Waals surface area contributed by atoms with Crippen molar-refractivity contribution >= 4 is 44.9 Å². The quantitative estimate of drug-likeness (QED) is 0.589. The fourth-order valence-electron chi connectivity index (χ4n) is 1.85. The topological polar surface area (TPSA) is 54.9 Å². The van der Waals surface area contributed by atoms with E-state index in [2.05, 4.69) is 15.3 Å². The molecule has 0 saturated heterocycles. The van der Waals surface area contributed by atoms with Gasteiger partial charge in [-0.3, -0.25) is 4.79 Å². The standard InChI is InChI=1S/C15H13N3OS2/c1-10-2-4-11(5-3-10)18-13(19)8-21-15-12-6-7-20-14(12)16-9-17-15/h2-7,9H,8H2,1H3,(H,18,19). The lowest BCUT2D eigenvalue weighted by molar-refractivity contribution is -0.113. The second-order valence-electron chi connectivity index (χ2n) is 4.52. The van der Waals surface area contributed by atoms with Gasteiger partial charge in [-0.25, -0.2) is 9.97 Å². The van der Waals surface area contributed by atoms with Gasteiger partial charge >= 0.3 is 0 Å². The Morgan fingerprint density at radius 1 is 1.24 bits per heavy atom. The average molecular weight is 315 g/mol. The maximum atomic E-state index is 12.0. The highest BCUT2D eigenvalue weighted by atomic mass is 32.2. The number of anilines is 1. The number of hydrogen-bond donors (Lipinski definition) is 1. The molecular formula is C15H13N3OS2. The van der Waals surface area contributed by atoms with E-state index in [1.165, 1.54) is 17.3 Å². The molecule has 0 spiro atoms. The molecule has 1 amide bonds. The molecule has 0 fully saturated rings. The molecule has 1 N–H and O–H groups in total. The number of rotatable bonds is 4. The lowest BCUT2D eigenvalue weighted by atomic mass is 10.2. The van der Waals surface area contributed by atoms with E-state index < -0.39 is 0 Å². The van der Waals surface area contributed by atoms with E-state index in [4.69, 9.17) is 0 Å². The summed E-state index contributed by atoms with van der Waals surface area (Å²) in [6.45, 7) is 2.02. The van der Waals surface area contributed by atoms with Crippen molar-refractivity contribution in [2.24, 2.45) is 0 Å². The number of nitrogens with one attached hydrogen (secondary N) is 1. The molecule has 0 bridgehead atoms. The zero-order valence-electron chi connectivity index (χ0n) is 11.4. The molecular weight excluding hydrogens is 302 g/mol. The van der Waals surface area contributed by atoms with Gasteiger partial charge < -0.3 is 5.32 Å². The molecule has 3 rings (SSSR count). The third-order valence-electron chi connectivity index (χ3n) is 2.90. The molecule has 0 aliphatic carbocycles. The van der Waals surface area contributed by atoms with Crippen LogP contribution >= 0.6 is 23.1 Å². The predicted molar refractivity (Wildman–Crippen MR) is 87.9 cm³/mol. The summed E-state index contributed by atoms with van der Waals surface area (Å²) in [4.78, 5) is 21.4. The van der Waals surface area contributed by atoms with Crippen molar-refractivity contribution in [1.29, 1.82) is 0 Å². The van der Waals surface area contributed by atoms with Gasteiger partial charge in [-0.15, -0.1) is 11.3 Å². The smallest absolute Gasteiger partial charge is 0.234 e. The highest BCUT2D eigenvalue weighted by molar-refractivity contribution is 8.00. The summed E-state index contributed by atoms with van der Waals surface area (Å²) in [6, 6.07) is 9.74. The van der Waals surface area contributed by atoms with Crippen LogP contribution in [0.4, 0.5) is 5.69 Å². The van der Waals surface area contributed by atoms with E-state index in [1.54, 1.807) is 17.7 Å². The lowest BCUT2D eigenvalue weighted by Gasteiger charge is -2.05. The Morgan fingerprint density at radius 2 is 2.05 bits per heavy atom. The van der Waals surface area contributed by atoms with Gasteiger partial charge in [0.25, 0.3) is 0 Å². The fraction of sp³-hybridized carbons (Fsp3) is 0.133. The van der Waals surface area contributed by atoms with Crippen LogP contribution in [0.15, 0.2) is 47.1 Å². The minimum Gasteiger partial charge on any atom is -0.325 e. The molecule has 0 radical (unpaired) electrons. The van der Waals surface area contributed by atoms with Crippen molar-refractivity contribution in [2.75, 3.05) is 11.1 Å². The maximum absolute atomic E-state index is 12.0. The van der Waals surface area contributed by atoms with Crippen LogP contribution in [0, 0.1) is 6.92 Å². The van der Waals surface area contributed by atoms with Crippen LogP contribution in [0.25, 0.3) is 10.2 Å². The number of amides is 1. The normalized spacial score (nSPS) is 10.7. The summed E-state index contributed by atoms with van der Waals surface area (Å²) in [5.41, 5.74) is 1.98. The van der Waals surface area contributed by atoms with Crippen LogP contribution < -0.4 is 5.32 Å². The summed E-state index contributed by atoms with van der Waals surface area (Å²) >= 11 is 3.00. The van der Waals surface area contributed by atoms with E-state index in [9.17, 15) is 4.79 Å². The van der Waals surface area contributed by atoms with Gasteiger partial charge in [0, 0.05) is 11.1 Å². The van der Waals surface area contributed by atoms with Crippen LogP contribution in [-0.4, -0.2) is 21.6 Å². The summed E-state index contributed by atoms with van der Waals surface area (Å²) in [5, 5.41) is 6.72. The van der Waals surface area contributed by atoms with E-state index in [0.29, 0.717) is 5.75 Å². The minimum absolute atomic E-state index is 0.0363. The van der Waals surface area contributed by atoms with Gasteiger partial charge in [-0.1, -0.05) is 29.5 Å². The molecule has 0 aliphatic heterocycles. The number of nitrogens with zero attached hydrogens (tertiary/aromatic N) is 2. The van der Waals surface area contributed by atoms with Crippen molar-refractivity contribution in [2.45, 2.75) is 11.9 Å². The third kappa shape index (κ3) is 3.40. The second-order valence-corrected chi connectivity index (χ2v) is 6.38. The van der Waals surface area contributed by atoms with Gasteiger partial charge in [0.15, 0.2) is 0 Å².